The van der Waals surface area contributed by atoms with E-state index in [0.717, 1.165) is 0 Å². The van der Waals surface area contributed by atoms with Gasteiger partial charge in [0.05, 0.1) is 5.75 Å². The van der Waals surface area contributed by atoms with E-state index < -0.39 is 28.1 Å². The summed E-state index contributed by atoms with van der Waals surface area (Å²) in [6.45, 7) is 0.123. The number of sulfonamides is 1. The molecule has 0 aromatic heterocycles. The molecule has 1 unspecified atom stereocenters. The van der Waals surface area contributed by atoms with Crippen LogP contribution in [0.5, 0.6) is 0 Å². The number of rotatable bonds is 8. The second-order valence-corrected chi connectivity index (χ2v) is 5.28. The first-order chi connectivity index (χ1) is 8.22. The molecular weight excluding hydrogens is 266 g/mol. The van der Waals surface area contributed by atoms with Crippen LogP contribution in [0.2, 0.25) is 0 Å². The summed E-state index contributed by atoms with van der Waals surface area (Å²) in [7, 11) is -3.53. The average molecular weight is 283 g/mol. The van der Waals surface area contributed by atoms with Gasteiger partial charge in [0.15, 0.2) is 6.10 Å². The van der Waals surface area contributed by atoms with Crippen molar-refractivity contribution in [1.29, 1.82) is 0 Å². The molecule has 0 heterocycles. The molecule has 0 spiro atoms. The van der Waals surface area contributed by atoms with Crippen molar-refractivity contribution < 1.29 is 28.2 Å². The molecule has 0 aliphatic heterocycles. The molecule has 0 aliphatic rings. The van der Waals surface area contributed by atoms with Gasteiger partial charge in [-0.1, -0.05) is 0 Å². The molecule has 6 N–H and O–H groups in total. The summed E-state index contributed by atoms with van der Waals surface area (Å²) in [5.74, 6) is -1.59. The molecule has 2 amide bonds. The quantitative estimate of drug-likeness (QED) is 0.318. The van der Waals surface area contributed by atoms with Gasteiger partial charge < -0.3 is 20.8 Å². The molecule has 0 rings (SSSR count). The summed E-state index contributed by atoms with van der Waals surface area (Å²) in [4.78, 5) is 21.3. The number of carbonyl (C=O) groups excluding carboxylic acids is 1. The van der Waals surface area contributed by atoms with Crippen LogP contribution in [-0.4, -0.2) is 55.6 Å². The van der Waals surface area contributed by atoms with Gasteiger partial charge in [0, 0.05) is 19.5 Å². The Bertz CT molecular complexity index is 382. The first kappa shape index (κ1) is 16.6. The number of aliphatic hydroxyl groups excluding tert-OH is 1. The van der Waals surface area contributed by atoms with E-state index in [2.05, 4.69) is 10.6 Å². The zero-order chi connectivity index (χ0) is 14.2. The maximum atomic E-state index is 11.1. The lowest BCUT2D eigenvalue weighted by atomic mass is 10.2. The fraction of sp³-hybridized carbons (Fsp3) is 0.750. The third-order valence-electron chi connectivity index (χ3n) is 1.88. The van der Waals surface area contributed by atoms with Crippen LogP contribution in [0.1, 0.15) is 12.8 Å². The van der Waals surface area contributed by atoms with E-state index in [1.807, 2.05) is 0 Å². The van der Waals surface area contributed by atoms with Gasteiger partial charge in [-0.15, -0.1) is 0 Å². The third kappa shape index (κ3) is 9.81. The van der Waals surface area contributed by atoms with Gasteiger partial charge in [-0.2, -0.15) is 0 Å². The van der Waals surface area contributed by atoms with E-state index in [-0.39, 0.29) is 31.7 Å². The lowest BCUT2D eigenvalue weighted by Gasteiger charge is -2.08. The fourth-order valence-corrected chi connectivity index (χ4v) is 1.53. The highest BCUT2D eigenvalue weighted by Gasteiger charge is 2.12. The van der Waals surface area contributed by atoms with Gasteiger partial charge in [-0.05, 0) is 6.42 Å². The van der Waals surface area contributed by atoms with Crippen LogP contribution in [0, 0.1) is 0 Å². The Morgan fingerprint density at radius 2 is 1.78 bits per heavy atom. The minimum absolute atomic E-state index is 0.00547. The van der Waals surface area contributed by atoms with Crippen molar-refractivity contribution in [3.8, 4) is 0 Å². The zero-order valence-corrected chi connectivity index (χ0v) is 10.4. The molecule has 10 heteroatoms. The maximum absolute atomic E-state index is 11.1. The molecule has 0 fully saturated rings. The van der Waals surface area contributed by atoms with Crippen LogP contribution >= 0.6 is 0 Å². The number of aliphatic hydroxyl groups is 1. The standard InChI is InChI=1S/C8H17N3O6S/c9-18(16,17)5-1-3-10-8(15)11-4-2-6(12)7(13)14/h6,12H,1-5H2,(H,13,14)(H2,9,16,17)(H2,10,11,15). The van der Waals surface area contributed by atoms with E-state index in [0.29, 0.717) is 0 Å². The number of hydrogen-bond donors (Lipinski definition) is 5. The molecule has 18 heavy (non-hydrogen) atoms. The van der Waals surface area contributed by atoms with Crippen molar-refractivity contribution in [2.24, 2.45) is 5.14 Å². The van der Waals surface area contributed by atoms with Crippen LogP contribution in [0.15, 0.2) is 0 Å². The molecule has 9 nitrogen and oxygen atoms in total. The molecule has 0 aromatic carbocycles. The van der Waals surface area contributed by atoms with Gasteiger partial charge in [0.2, 0.25) is 10.0 Å². The lowest BCUT2D eigenvalue weighted by Crippen LogP contribution is -2.38. The Hall–Kier alpha value is -1.39. The molecule has 0 saturated carbocycles. The largest absolute Gasteiger partial charge is 0.479 e. The number of primary sulfonamides is 1. The van der Waals surface area contributed by atoms with Crippen molar-refractivity contribution >= 4 is 22.0 Å². The van der Waals surface area contributed by atoms with Crippen molar-refractivity contribution in [3.05, 3.63) is 0 Å². The summed E-state index contributed by atoms with van der Waals surface area (Å²) in [5.41, 5.74) is 0. The van der Waals surface area contributed by atoms with E-state index in [9.17, 15) is 18.0 Å². The lowest BCUT2D eigenvalue weighted by molar-refractivity contribution is -0.146. The predicted molar refractivity (Wildman–Crippen MR) is 62.3 cm³/mol. The smallest absolute Gasteiger partial charge is 0.332 e. The van der Waals surface area contributed by atoms with Gasteiger partial charge >= 0.3 is 12.0 Å². The number of aliphatic carboxylic acids is 1. The topological polar surface area (TPSA) is 159 Å². The number of nitrogens with one attached hydrogen (secondary N) is 2. The molecule has 0 aliphatic carbocycles. The maximum Gasteiger partial charge on any atom is 0.332 e. The highest BCUT2D eigenvalue weighted by atomic mass is 32.2. The number of amides is 2. The van der Waals surface area contributed by atoms with E-state index in [1.54, 1.807) is 0 Å². The van der Waals surface area contributed by atoms with Crippen LogP contribution in [-0.2, 0) is 14.8 Å². The SMILES string of the molecule is NS(=O)(=O)CCCNC(=O)NCCC(O)C(=O)O. The zero-order valence-electron chi connectivity index (χ0n) is 9.63. The van der Waals surface area contributed by atoms with Crippen molar-refractivity contribution in [3.63, 3.8) is 0 Å². The number of hydrogen-bond acceptors (Lipinski definition) is 5. The second kappa shape index (κ2) is 7.84. The summed E-state index contributed by atoms with van der Waals surface area (Å²) in [5, 5.41) is 26.7. The van der Waals surface area contributed by atoms with Crippen LogP contribution in [0.25, 0.3) is 0 Å². The summed E-state index contributed by atoms with van der Waals surface area (Å²) >= 11 is 0. The number of carbonyl (C=O) groups is 2. The molecular formula is C8H17N3O6S. The number of nitrogens with two attached hydrogens (primary N) is 1. The Morgan fingerprint density at radius 1 is 1.22 bits per heavy atom. The van der Waals surface area contributed by atoms with Gasteiger partial charge in [0.1, 0.15) is 0 Å². The Kier molecular flexibility index (Phi) is 7.24. The van der Waals surface area contributed by atoms with E-state index in [1.165, 1.54) is 0 Å². The monoisotopic (exact) mass is 283 g/mol. The van der Waals surface area contributed by atoms with Gasteiger partial charge in [-0.3, -0.25) is 0 Å². The molecule has 106 valence electrons. The minimum atomic E-state index is -3.53. The van der Waals surface area contributed by atoms with Crippen LogP contribution in [0.4, 0.5) is 4.79 Å². The number of carboxylic acids is 1. The number of carboxylic acid groups (broad SMARTS) is 1. The van der Waals surface area contributed by atoms with Gasteiger partial charge in [0.25, 0.3) is 0 Å². The second-order valence-electron chi connectivity index (χ2n) is 3.55. The average Bonchev–Trinajstić information content (AvgIpc) is 2.22. The van der Waals surface area contributed by atoms with Crippen molar-refractivity contribution in [2.75, 3.05) is 18.8 Å². The highest BCUT2D eigenvalue weighted by molar-refractivity contribution is 7.89. The van der Waals surface area contributed by atoms with Crippen LogP contribution < -0.4 is 15.8 Å². The fourth-order valence-electron chi connectivity index (χ4n) is 0.984. The summed E-state index contributed by atoms with van der Waals surface area (Å²) in [6, 6.07) is -0.568. The predicted octanol–water partition coefficient (Wildman–Crippen LogP) is -2.20. The highest BCUT2D eigenvalue weighted by Crippen LogP contribution is 1.89. The summed E-state index contributed by atoms with van der Waals surface area (Å²) in [6.07, 6.45) is -1.45. The molecule has 0 bridgehead atoms. The van der Waals surface area contributed by atoms with E-state index >= 15 is 0 Å². The first-order valence-electron chi connectivity index (χ1n) is 5.15. The third-order valence-corrected chi connectivity index (χ3v) is 2.74. The Labute approximate surface area is 104 Å². The first-order valence-corrected chi connectivity index (χ1v) is 6.87. The van der Waals surface area contributed by atoms with Gasteiger partial charge in [-0.25, -0.2) is 23.1 Å². The molecule has 0 saturated heterocycles. The molecule has 0 radical (unpaired) electrons. The van der Waals surface area contributed by atoms with E-state index in [4.69, 9.17) is 15.4 Å². The molecule has 0 aromatic rings. The summed E-state index contributed by atoms with van der Waals surface area (Å²) < 4.78 is 21.1. The number of urea groups is 1. The molecule has 1 atom stereocenters. The van der Waals surface area contributed by atoms with Crippen molar-refractivity contribution in [2.45, 2.75) is 18.9 Å². The minimum Gasteiger partial charge on any atom is -0.479 e. The van der Waals surface area contributed by atoms with Crippen molar-refractivity contribution in [1.82, 2.24) is 10.6 Å². The normalized spacial score (nSPS) is 12.8. The Balaban J connectivity index is 3.58. The van der Waals surface area contributed by atoms with Crippen LogP contribution in [0.3, 0.4) is 0 Å². The Morgan fingerprint density at radius 3 is 2.28 bits per heavy atom.